The molecule has 3 heteroatoms. The van der Waals surface area contributed by atoms with Gasteiger partial charge < -0.3 is 0 Å². The molecule has 0 atom stereocenters. The third kappa shape index (κ3) is 2.53. The van der Waals surface area contributed by atoms with E-state index in [1.54, 1.807) is 11.3 Å². The van der Waals surface area contributed by atoms with Gasteiger partial charge in [-0.2, -0.15) is 0 Å². The van der Waals surface area contributed by atoms with Gasteiger partial charge in [-0.25, -0.2) is 0 Å². The van der Waals surface area contributed by atoms with Crippen molar-refractivity contribution in [2.45, 2.75) is 40.2 Å². The van der Waals surface area contributed by atoms with E-state index in [2.05, 4.69) is 18.7 Å². The van der Waals surface area contributed by atoms with Crippen molar-refractivity contribution in [1.82, 2.24) is 4.90 Å². The molecule has 0 saturated heterocycles. The molecule has 90 valence electrons. The van der Waals surface area contributed by atoms with Crippen LogP contribution in [0.5, 0.6) is 0 Å². The lowest BCUT2D eigenvalue weighted by Gasteiger charge is -2.35. The first kappa shape index (κ1) is 13.4. The molecule has 0 unspecified atom stereocenters. The summed E-state index contributed by atoms with van der Waals surface area (Å²) in [7, 11) is 0. The number of Topliss-reactive ketones (excluding diaryl/α,β-unsaturated/α-hetero) is 1. The van der Waals surface area contributed by atoms with Gasteiger partial charge in [-0.15, -0.1) is 11.3 Å². The fourth-order valence-corrected chi connectivity index (χ4v) is 2.98. The zero-order valence-electron chi connectivity index (χ0n) is 10.8. The second kappa shape index (κ2) is 5.11. The maximum atomic E-state index is 12.4. The molecule has 0 aliphatic rings. The monoisotopic (exact) mass is 239 g/mol. The molecule has 0 N–H and O–H groups in total. The first-order valence-electron chi connectivity index (χ1n) is 5.79. The van der Waals surface area contributed by atoms with Gasteiger partial charge >= 0.3 is 0 Å². The maximum Gasteiger partial charge on any atom is 0.192 e. The molecule has 1 rings (SSSR count). The number of aryl methyl sites for hydroxylation is 1. The number of carbonyl (C=O) groups is 1. The van der Waals surface area contributed by atoms with Crippen LogP contribution in [0.3, 0.4) is 0 Å². The fourth-order valence-electron chi connectivity index (χ4n) is 2.02. The van der Waals surface area contributed by atoms with Crippen molar-refractivity contribution >= 4 is 17.1 Å². The minimum atomic E-state index is -0.402. The van der Waals surface area contributed by atoms with Crippen LogP contribution in [0.4, 0.5) is 0 Å². The quantitative estimate of drug-likeness (QED) is 0.734. The first-order chi connectivity index (χ1) is 7.43. The van der Waals surface area contributed by atoms with Crippen molar-refractivity contribution in [2.75, 3.05) is 13.1 Å². The molecule has 1 heterocycles. The molecule has 0 fully saturated rings. The summed E-state index contributed by atoms with van der Waals surface area (Å²) in [6.45, 7) is 12.1. The largest absolute Gasteiger partial charge is 0.292 e. The maximum absolute atomic E-state index is 12.4. The van der Waals surface area contributed by atoms with E-state index in [0.717, 1.165) is 18.0 Å². The van der Waals surface area contributed by atoms with Crippen LogP contribution in [0.15, 0.2) is 12.1 Å². The van der Waals surface area contributed by atoms with Crippen LogP contribution in [-0.4, -0.2) is 29.3 Å². The summed E-state index contributed by atoms with van der Waals surface area (Å²) in [4.78, 5) is 16.7. The lowest BCUT2D eigenvalue weighted by atomic mass is 9.95. The van der Waals surface area contributed by atoms with E-state index in [4.69, 9.17) is 0 Å². The van der Waals surface area contributed by atoms with E-state index in [9.17, 15) is 4.79 Å². The van der Waals surface area contributed by atoms with Crippen LogP contribution in [0.1, 0.15) is 42.2 Å². The zero-order chi connectivity index (χ0) is 12.3. The number of ketones is 1. The zero-order valence-corrected chi connectivity index (χ0v) is 11.6. The van der Waals surface area contributed by atoms with Crippen molar-refractivity contribution in [3.63, 3.8) is 0 Å². The second-order valence-electron chi connectivity index (χ2n) is 4.47. The third-order valence-corrected chi connectivity index (χ3v) is 4.07. The smallest absolute Gasteiger partial charge is 0.192 e. The van der Waals surface area contributed by atoms with Crippen LogP contribution < -0.4 is 0 Å². The molecule has 0 radical (unpaired) electrons. The molecule has 0 aliphatic heterocycles. The number of likely N-dealkylation sites (N-methyl/N-ethyl adjacent to an activating group) is 1. The standard InChI is InChI=1S/C13H21NOS/c1-6-14(7-2)13(4,5)12(15)11-9-8-10(3)16-11/h8-9H,6-7H2,1-5H3. The Balaban J connectivity index is 2.95. The average molecular weight is 239 g/mol. The normalized spacial score (nSPS) is 12.1. The Hall–Kier alpha value is -0.670. The highest BCUT2D eigenvalue weighted by molar-refractivity contribution is 7.14. The average Bonchev–Trinajstić information content (AvgIpc) is 2.65. The molecule has 0 saturated carbocycles. The Morgan fingerprint density at radius 1 is 1.31 bits per heavy atom. The molecule has 2 nitrogen and oxygen atoms in total. The molecule has 0 amide bonds. The SMILES string of the molecule is CCN(CC)C(C)(C)C(=O)c1ccc(C)s1. The minimum Gasteiger partial charge on any atom is -0.292 e. The summed E-state index contributed by atoms with van der Waals surface area (Å²) in [5, 5.41) is 0. The van der Waals surface area contributed by atoms with Gasteiger partial charge in [-0.3, -0.25) is 9.69 Å². The van der Waals surface area contributed by atoms with Gasteiger partial charge in [-0.1, -0.05) is 13.8 Å². The molecule has 1 aromatic heterocycles. The predicted molar refractivity (Wildman–Crippen MR) is 70.4 cm³/mol. The summed E-state index contributed by atoms with van der Waals surface area (Å²) in [5.74, 6) is 0.231. The van der Waals surface area contributed by atoms with Crippen molar-refractivity contribution in [1.29, 1.82) is 0 Å². The lowest BCUT2D eigenvalue weighted by molar-refractivity contribution is 0.0673. The predicted octanol–water partition coefficient (Wildman–Crippen LogP) is 3.36. The lowest BCUT2D eigenvalue weighted by Crippen LogP contribution is -2.49. The summed E-state index contributed by atoms with van der Waals surface area (Å²) < 4.78 is 0. The molecule has 0 spiro atoms. The van der Waals surface area contributed by atoms with Crippen molar-refractivity contribution in [2.24, 2.45) is 0 Å². The van der Waals surface area contributed by atoms with Crippen LogP contribution in [0, 0.1) is 6.92 Å². The number of rotatable bonds is 5. The van der Waals surface area contributed by atoms with Gasteiger partial charge in [-0.05, 0) is 46.0 Å². The van der Waals surface area contributed by atoms with Gasteiger partial charge in [0.25, 0.3) is 0 Å². The van der Waals surface area contributed by atoms with Crippen LogP contribution in [0.2, 0.25) is 0 Å². The fraction of sp³-hybridized carbons (Fsp3) is 0.615. The molecular weight excluding hydrogens is 218 g/mol. The van der Waals surface area contributed by atoms with E-state index in [1.807, 2.05) is 32.9 Å². The highest BCUT2D eigenvalue weighted by Crippen LogP contribution is 2.24. The summed E-state index contributed by atoms with van der Waals surface area (Å²) in [6, 6.07) is 3.95. The van der Waals surface area contributed by atoms with E-state index >= 15 is 0 Å². The molecule has 0 aliphatic carbocycles. The number of nitrogens with zero attached hydrogens (tertiary/aromatic N) is 1. The second-order valence-corrected chi connectivity index (χ2v) is 5.76. The minimum absolute atomic E-state index is 0.231. The highest BCUT2D eigenvalue weighted by Gasteiger charge is 2.34. The molecule has 0 bridgehead atoms. The molecular formula is C13H21NOS. The summed E-state index contributed by atoms with van der Waals surface area (Å²) >= 11 is 1.58. The molecule has 1 aromatic rings. The highest BCUT2D eigenvalue weighted by atomic mass is 32.1. The van der Waals surface area contributed by atoms with Crippen molar-refractivity contribution in [3.8, 4) is 0 Å². The van der Waals surface area contributed by atoms with Gasteiger partial charge in [0.1, 0.15) is 0 Å². The summed E-state index contributed by atoms with van der Waals surface area (Å²) in [5.41, 5.74) is -0.402. The Bertz CT molecular complexity index is 364. The van der Waals surface area contributed by atoms with E-state index in [1.165, 1.54) is 4.88 Å². The van der Waals surface area contributed by atoms with Crippen LogP contribution >= 0.6 is 11.3 Å². The number of thiophene rings is 1. The van der Waals surface area contributed by atoms with Crippen molar-refractivity contribution < 1.29 is 4.79 Å². The Morgan fingerprint density at radius 3 is 2.25 bits per heavy atom. The first-order valence-corrected chi connectivity index (χ1v) is 6.61. The molecule has 16 heavy (non-hydrogen) atoms. The number of hydrogen-bond acceptors (Lipinski definition) is 3. The van der Waals surface area contributed by atoms with Crippen LogP contribution in [0.25, 0.3) is 0 Å². The number of carbonyl (C=O) groups excluding carboxylic acids is 1. The van der Waals surface area contributed by atoms with Crippen molar-refractivity contribution in [3.05, 3.63) is 21.9 Å². The molecule has 0 aromatic carbocycles. The van der Waals surface area contributed by atoms with Gasteiger partial charge in [0.05, 0.1) is 10.4 Å². The third-order valence-electron chi connectivity index (χ3n) is 3.07. The topological polar surface area (TPSA) is 20.3 Å². The van der Waals surface area contributed by atoms with Gasteiger partial charge in [0, 0.05) is 4.88 Å². The summed E-state index contributed by atoms with van der Waals surface area (Å²) in [6.07, 6.45) is 0. The van der Waals surface area contributed by atoms with E-state index in [-0.39, 0.29) is 5.78 Å². The van der Waals surface area contributed by atoms with Crippen LogP contribution in [-0.2, 0) is 0 Å². The van der Waals surface area contributed by atoms with E-state index < -0.39 is 5.54 Å². The Morgan fingerprint density at radius 2 is 1.88 bits per heavy atom. The Labute approximate surface area is 102 Å². The van der Waals surface area contributed by atoms with Gasteiger partial charge in [0.15, 0.2) is 5.78 Å². The van der Waals surface area contributed by atoms with E-state index in [0.29, 0.717) is 0 Å². The Kier molecular flexibility index (Phi) is 4.28. The number of hydrogen-bond donors (Lipinski definition) is 0. The van der Waals surface area contributed by atoms with Gasteiger partial charge in [0.2, 0.25) is 0 Å².